The Morgan fingerprint density at radius 1 is 1.07 bits per heavy atom. The molecule has 0 atom stereocenters. The normalized spacial score (nSPS) is 13.2. The Morgan fingerprint density at radius 2 is 1.71 bits per heavy atom. The summed E-state index contributed by atoms with van der Waals surface area (Å²) in [5.74, 6) is -0.825. The number of nitrogens with zero attached hydrogens (tertiary/aromatic N) is 1. The fourth-order valence-corrected chi connectivity index (χ4v) is 4.23. The first-order valence-electron chi connectivity index (χ1n) is 8.10. The molecule has 0 aliphatic carbocycles. The van der Waals surface area contributed by atoms with Gasteiger partial charge in [-0.1, -0.05) is 0 Å². The van der Waals surface area contributed by atoms with Crippen molar-refractivity contribution >= 4 is 20.9 Å². The summed E-state index contributed by atoms with van der Waals surface area (Å²) in [4.78, 5) is 2.05. The topological polar surface area (TPSA) is 76.9 Å². The van der Waals surface area contributed by atoms with Gasteiger partial charge < -0.3 is 5.21 Å². The number of fused-ring (bicyclic) bond motifs is 1. The van der Waals surface area contributed by atoms with Crippen molar-refractivity contribution in [2.75, 3.05) is 0 Å². The van der Waals surface area contributed by atoms with E-state index in [1.807, 2.05) is 0 Å². The molecular weight excluding hydrogens is 400 g/mol. The van der Waals surface area contributed by atoms with Crippen LogP contribution in [0.15, 0.2) is 41.4 Å². The quantitative estimate of drug-likeness (QED) is 0.303. The first kappa shape index (κ1) is 20.1. The minimum atomic E-state index is -5.02. The van der Waals surface area contributed by atoms with Crippen LogP contribution in [0.1, 0.15) is 19.5 Å². The number of rotatable bonds is 3. The zero-order valence-electron chi connectivity index (χ0n) is 15.1. The van der Waals surface area contributed by atoms with Gasteiger partial charge in [0.05, 0.1) is 16.5 Å². The van der Waals surface area contributed by atoms with E-state index in [9.17, 15) is 31.2 Å². The van der Waals surface area contributed by atoms with Gasteiger partial charge in [0.15, 0.2) is 14.6 Å². The summed E-state index contributed by atoms with van der Waals surface area (Å²) in [5.41, 5.74) is 0.305. The van der Waals surface area contributed by atoms with E-state index < -0.39 is 31.5 Å². The summed E-state index contributed by atoms with van der Waals surface area (Å²) in [7, 11) is -4.87. The van der Waals surface area contributed by atoms with Gasteiger partial charge in [0.2, 0.25) is 0 Å². The van der Waals surface area contributed by atoms with E-state index in [0.29, 0.717) is 24.0 Å². The maximum Gasteiger partial charge on any atom is 0.408 e. The summed E-state index contributed by atoms with van der Waals surface area (Å²) in [5, 5.41) is 12.4. The summed E-state index contributed by atoms with van der Waals surface area (Å²) < 4.78 is 77.2. The summed E-state index contributed by atoms with van der Waals surface area (Å²) >= 11 is 0. The third kappa shape index (κ3) is 2.83. The lowest BCUT2D eigenvalue weighted by Gasteiger charge is -2.27. The van der Waals surface area contributed by atoms with Crippen LogP contribution in [0.4, 0.5) is 17.6 Å². The number of halogens is 4. The summed E-state index contributed by atoms with van der Waals surface area (Å²) in [6.45, 7) is 2.59. The van der Waals surface area contributed by atoms with Gasteiger partial charge in [-0.2, -0.15) is 13.2 Å². The van der Waals surface area contributed by atoms with Gasteiger partial charge in [-0.3, -0.25) is 0 Å². The minimum Gasteiger partial charge on any atom is -0.710 e. The van der Waals surface area contributed by atoms with Crippen molar-refractivity contribution in [2.45, 2.75) is 36.6 Å². The van der Waals surface area contributed by atoms with E-state index in [2.05, 4.69) is 4.98 Å². The molecule has 1 N–H and O–H groups in total. The van der Waals surface area contributed by atoms with Crippen LogP contribution in [0.2, 0.25) is 0 Å². The molecule has 10 heteroatoms. The lowest BCUT2D eigenvalue weighted by Crippen LogP contribution is -2.46. The molecule has 28 heavy (non-hydrogen) atoms. The lowest BCUT2D eigenvalue weighted by atomic mass is 10.0. The van der Waals surface area contributed by atoms with E-state index in [1.165, 1.54) is 25.3 Å². The molecule has 0 saturated heterocycles. The number of alkyl halides is 3. The molecule has 150 valence electrons. The van der Waals surface area contributed by atoms with E-state index in [4.69, 9.17) is 0 Å². The molecule has 0 amide bonds. The second-order valence-electron chi connectivity index (χ2n) is 6.89. The Morgan fingerprint density at radius 3 is 2.32 bits per heavy atom. The lowest BCUT2D eigenvalue weighted by molar-refractivity contribution is -0.586. The van der Waals surface area contributed by atoms with Crippen molar-refractivity contribution in [3.63, 3.8) is 0 Å². The van der Waals surface area contributed by atoms with Crippen LogP contribution in [0.25, 0.3) is 22.2 Å². The van der Waals surface area contributed by atoms with Gasteiger partial charge in [-0.05, 0) is 51.1 Å². The van der Waals surface area contributed by atoms with Crippen LogP contribution in [0.5, 0.6) is 0 Å². The standard InChI is InChI=1S/C18H16F4N2O3S/c1-10-8-13(12-6-7-23-16(12)24(10)25)14-9-11(4-5-15(14)19)28(26,27)17(2,3)18(20,21)22/h4-9,23H,1-3H3. The molecule has 0 radical (unpaired) electrons. The number of pyridine rings is 1. The Kier molecular flexibility index (Phi) is 4.45. The highest BCUT2D eigenvalue weighted by atomic mass is 32.2. The minimum absolute atomic E-state index is 0.123. The van der Waals surface area contributed by atoms with Crippen molar-refractivity contribution < 1.29 is 30.7 Å². The average Bonchev–Trinajstić information content (AvgIpc) is 3.07. The van der Waals surface area contributed by atoms with Crippen molar-refractivity contribution in [1.29, 1.82) is 0 Å². The van der Waals surface area contributed by atoms with Gasteiger partial charge in [0, 0.05) is 11.1 Å². The molecule has 0 spiro atoms. The van der Waals surface area contributed by atoms with Gasteiger partial charge in [-0.25, -0.2) is 22.5 Å². The van der Waals surface area contributed by atoms with E-state index in [1.54, 1.807) is 0 Å². The number of nitrogens with one attached hydrogen (secondary N) is 1. The number of hydrogen-bond donors (Lipinski definition) is 1. The molecule has 0 fully saturated rings. The highest BCUT2D eigenvalue weighted by Crippen LogP contribution is 2.41. The molecule has 2 aromatic heterocycles. The number of hydrogen-bond acceptors (Lipinski definition) is 3. The van der Waals surface area contributed by atoms with Crippen LogP contribution in [0, 0.1) is 17.9 Å². The molecule has 3 rings (SSSR count). The first-order chi connectivity index (χ1) is 12.8. The van der Waals surface area contributed by atoms with Gasteiger partial charge in [-0.15, -0.1) is 0 Å². The van der Waals surface area contributed by atoms with E-state index >= 15 is 0 Å². The van der Waals surface area contributed by atoms with Crippen molar-refractivity contribution in [1.82, 2.24) is 4.98 Å². The Hall–Kier alpha value is -2.62. The molecule has 0 aliphatic heterocycles. The van der Waals surface area contributed by atoms with Crippen LogP contribution in [0.3, 0.4) is 0 Å². The highest BCUT2D eigenvalue weighted by Gasteiger charge is 2.57. The second-order valence-corrected chi connectivity index (χ2v) is 9.39. The fourth-order valence-electron chi connectivity index (χ4n) is 2.82. The molecule has 2 heterocycles. The molecule has 0 unspecified atom stereocenters. The number of aryl methyl sites for hydroxylation is 1. The summed E-state index contributed by atoms with van der Waals surface area (Å²) in [6, 6.07) is 5.33. The third-order valence-electron chi connectivity index (χ3n) is 4.78. The smallest absolute Gasteiger partial charge is 0.408 e. The number of benzene rings is 1. The molecule has 0 saturated carbocycles. The predicted octanol–water partition coefficient (Wildman–Crippen LogP) is 4.03. The van der Waals surface area contributed by atoms with Crippen LogP contribution in [-0.4, -0.2) is 24.3 Å². The molecule has 5 nitrogen and oxygen atoms in total. The Labute approximate surface area is 158 Å². The van der Waals surface area contributed by atoms with Crippen molar-refractivity contribution in [2.24, 2.45) is 0 Å². The predicted molar refractivity (Wildman–Crippen MR) is 94.7 cm³/mol. The van der Waals surface area contributed by atoms with Crippen LogP contribution >= 0.6 is 0 Å². The highest BCUT2D eigenvalue weighted by molar-refractivity contribution is 7.92. The number of aromatic amines is 1. The Balaban J connectivity index is 2.28. The molecular formula is C18H16F4N2O3S. The number of aromatic nitrogens is 2. The third-order valence-corrected chi connectivity index (χ3v) is 7.23. The SMILES string of the molecule is Cc1cc(-c2cc(S(=O)(=O)C(C)(C)C(F)(F)F)ccc2F)c2cc[nH]c2[n+]1[O-]. The average molecular weight is 416 g/mol. The monoisotopic (exact) mass is 416 g/mol. The zero-order valence-corrected chi connectivity index (χ0v) is 15.9. The summed E-state index contributed by atoms with van der Waals surface area (Å²) in [6.07, 6.45) is -3.57. The fraction of sp³-hybridized carbons (Fsp3) is 0.278. The van der Waals surface area contributed by atoms with Crippen LogP contribution < -0.4 is 4.73 Å². The molecule has 0 aliphatic rings. The largest absolute Gasteiger partial charge is 0.710 e. The van der Waals surface area contributed by atoms with Gasteiger partial charge in [0.1, 0.15) is 11.5 Å². The molecule has 1 aromatic carbocycles. The van der Waals surface area contributed by atoms with Crippen molar-refractivity contribution in [3.05, 3.63) is 53.2 Å². The maximum atomic E-state index is 14.5. The van der Waals surface area contributed by atoms with E-state index in [0.717, 1.165) is 18.2 Å². The maximum absolute atomic E-state index is 14.5. The van der Waals surface area contributed by atoms with Gasteiger partial charge in [0.25, 0.3) is 5.65 Å². The Bertz CT molecular complexity index is 1180. The van der Waals surface area contributed by atoms with Crippen molar-refractivity contribution in [3.8, 4) is 11.1 Å². The van der Waals surface area contributed by atoms with E-state index in [-0.39, 0.29) is 22.5 Å². The van der Waals surface area contributed by atoms with Crippen LogP contribution in [-0.2, 0) is 9.84 Å². The number of sulfone groups is 1. The van der Waals surface area contributed by atoms with Gasteiger partial charge >= 0.3 is 6.18 Å². The first-order valence-corrected chi connectivity index (χ1v) is 9.59. The molecule has 0 bridgehead atoms. The number of H-pyrrole nitrogens is 1. The molecule has 3 aromatic rings. The zero-order chi connectivity index (χ0) is 21.1. The second kappa shape index (κ2) is 6.20.